The van der Waals surface area contributed by atoms with Gasteiger partial charge >= 0.3 is 5.97 Å². The van der Waals surface area contributed by atoms with Crippen LogP contribution in [0.25, 0.3) is 0 Å². The van der Waals surface area contributed by atoms with Crippen molar-refractivity contribution in [3.63, 3.8) is 0 Å². The highest BCUT2D eigenvalue weighted by molar-refractivity contribution is 5.80. The zero-order valence-corrected chi connectivity index (χ0v) is 13.6. The Hall–Kier alpha value is -2.29. The summed E-state index contributed by atoms with van der Waals surface area (Å²) in [6, 6.07) is 15.7. The normalized spacial score (nSPS) is 12.2. The Kier molecular flexibility index (Phi) is 4.01. The van der Waals surface area contributed by atoms with Crippen LogP contribution < -0.4 is 5.73 Å². The second-order valence-electron chi connectivity index (χ2n) is 6.75. The number of carboxylic acid groups (broad SMARTS) is 1. The summed E-state index contributed by atoms with van der Waals surface area (Å²) in [5.41, 5.74) is 8.56. The van der Waals surface area contributed by atoms with E-state index in [0.717, 1.165) is 16.8 Å². The van der Waals surface area contributed by atoms with Crippen molar-refractivity contribution in [1.29, 1.82) is 0 Å². The van der Waals surface area contributed by atoms with Gasteiger partial charge in [0.05, 0.1) is 5.41 Å². The average molecular weight is 297 g/mol. The van der Waals surface area contributed by atoms with E-state index >= 15 is 0 Å². The Morgan fingerprint density at radius 3 is 1.59 bits per heavy atom. The first-order chi connectivity index (χ1) is 10.2. The third kappa shape index (κ3) is 2.84. The van der Waals surface area contributed by atoms with Gasteiger partial charge in [-0.2, -0.15) is 0 Å². The summed E-state index contributed by atoms with van der Waals surface area (Å²) < 4.78 is 0. The maximum Gasteiger partial charge on any atom is 0.313 e. The molecule has 0 aliphatic carbocycles. The van der Waals surface area contributed by atoms with E-state index in [1.54, 1.807) is 13.8 Å². The molecule has 2 aromatic rings. The Labute approximate surface area is 131 Å². The van der Waals surface area contributed by atoms with Crippen LogP contribution in [0.3, 0.4) is 0 Å². The minimum atomic E-state index is -0.885. The molecule has 22 heavy (non-hydrogen) atoms. The zero-order valence-electron chi connectivity index (χ0n) is 13.6. The quantitative estimate of drug-likeness (QED) is 0.840. The van der Waals surface area contributed by atoms with E-state index in [-0.39, 0.29) is 5.41 Å². The number of anilines is 1. The van der Waals surface area contributed by atoms with E-state index in [1.807, 2.05) is 48.5 Å². The number of carbonyl (C=O) groups is 1. The lowest BCUT2D eigenvalue weighted by molar-refractivity contribution is -0.142. The molecule has 0 atom stereocenters. The summed E-state index contributed by atoms with van der Waals surface area (Å²) in [4.78, 5) is 11.3. The molecular weight excluding hydrogens is 274 g/mol. The molecule has 0 aliphatic rings. The Morgan fingerprint density at radius 2 is 1.18 bits per heavy atom. The van der Waals surface area contributed by atoms with Gasteiger partial charge in [-0.05, 0) is 42.7 Å². The number of rotatable bonds is 4. The van der Waals surface area contributed by atoms with Gasteiger partial charge in [0.25, 0.3) is 0 Å². The highest BCUT2D eigenvalue weighted by Gasteiger charge is 2.30. The monoisotopic (exact) mass is 297 g/mol. The zero-order chi connectivity index (χ0) is 16.5. The third-order valence-corrected chi connectivity index (χ3v) is 4.50. The first-order valence-electron chi connectivity index (χ1n) is 7.36. The average Bonchev–Trinajstić information content (AvgIpc) is 2.47. The summed E-state index contributed by atoms with van der Waals surface area (Å²) >= 11 is 0. The van der Waals surface area contributed by atoms with E-state index in [2.05, 4.69) is 13.8 Å². The first kappa shape index (κ1) is 16.1. The molecule has 2 aromatic carbocycles. The third-order valence-electron chi connectivity index (χ3n) is 4.50. The molecule has 0 spiro atoms. The summed E-state index contributed by atoms with van der Waals surface area (Å²) in [5.74, 6) is -0.821. The maximum atomic E-state index is 11.3. The van der Waals surface area contributed by atoms with Crippen molar-refractivity contribution in [3.05, 3.63) is 65.2 Å². The van der Waals surface area contributed by atoms with Crippen LogP contribution in [0.1, 0.15) is 44.4 Å². The molecule has 3 N–H and O–H groups in total. The van der Waals surface area contributed by atoms with Crippen LogP contribution in [0.5, 0.6) is 0 Å². The second kappa shape index (κ2) is 5.48. The minimum absolute atomic E-state index is 0.167. The first-order valence-corrected chi connectivity index (χ1v) is 7.36. The predicted molar refractivity (Wildman–Crippen MR) is 90.1 cm³/mol. The van der Waals surface area contributed by atoms with Gasteiger partial charge in [0.2, 0.25) is 0 Å². The van der Waals surface area contributed by atoms with Gasteiger partial charge in [-0.25, -0.2) is 0 Å². The molecule has 3 nitrogen and oxygen atoms in total. The molecule has 0 saturated carbocycles. The number of nitrogens with two attached hydrogens (primary N) is 1. The number of benzene rings is 2. The lowest BCUT2D eigenvalue weighted by atomic mass is 9.76. The van der Waals surface area contributed by atoms with Gasteiger partial charge in [0.15, 0.2) is 0 Å². The van der Waals surface area contributed by atoms with Gasteiger partial charge in [-0.3, -0.25) is 4.79 Å². The summed E-state index contributed by atoms with van der Waals surface area (Å²) in [6.07, 6.45) is 0. The van der Waals surface area contributed by atoms with Crippen molar-refractivity contribution in [2.75, 3.05) is 5.73 Å². The lowest BCUT2D eigenvalue weighted by Gasteiger charge is -2.27. The number of nitrogen functional groups attached to an aromatic ring is 1. The maximum absolute atomic E-state index is 11.3. The van der Waals surface area contributed by atoms with Crippen LogP contribution in [-0.2, 0) is 15.6 Å². The number of carboxylic acids is 1. The Morgan fingerprint density at radius 1 is 0.818 bits per heavy atom. The molecule has 0 bridgehead atoms. The van der Waals surface area contributed by atoms with Gasteiger partial charge in [-0.1, -0.05) is 50.2 Å². The summed E-state index contributed by atoms with van der Waals surface area (Å²) in [7, 11) is 0. The summed E-state index contributed by atoms with van der Waals surface area (Å²) in [5, 5.41) is 9.32. The molecule has 0 aliphatic heterocycles. The molecule has 0 unspecified atom stereocenters. The molecule has 0 saturated heterocycles. The smallest absolute Gasteiger partial charge is 0.313 e. The van der Waals surface area contributed by atoms with Crippen LogP contribution in [0.15, 0.2) is 48.5 Å². The van der Waals surface area contributed by atoms with Gasteiger partial charge in [-0.15, -0.1) is 0 Å². The van der Waals surface area contributed by atoms with Crippen molar-refractivity contribution in [3.8, 4) is 0 Å². The van der Waals surface area contributed by atoms with Crippen LogP contribution in [-0.4, -0.2) is 11.1 Å². The molecule has 2 rings (SSSR count). The van der Waals surface area contributed by atoms with Crippen LogP contribution >= 0.6 is 0 Å². The fraction of sp³-hybridized carbons (Fsp3) is 0.316. The van der Waals surface area contributed by atoms with E-state index in [9.17, 15) is 9.90 Å². The topological polar surface area (TPSA) is 63.3 Å². The van der Waals surface area contributed by atoms with Gasteiger partial charge in [0, 0.05) is 11.1 Å². The van der Waals surface area contributed by atoms with Crippen LogP contribution in [0.2, 0.25) is 0 Å². The molecule has 116 valence electrons. The molecule has 0 heterocycles. The summed E-state index contributed by atoms with van der Waals surface area (Å²) in [6.45, 7) is 7.73. The van der Waals surface area contributed by atoms with Crippen molar-refractivity contribution in [2.24, 2.45) is 0 Å². The van der Waals surface area contributed by atoms with E-state index in [4.69, 9.17) is 5.73 Å². The van der Waals surface area contributed by atoms with Crippen LogP contribution in [0.4, 0.5) is 5.69 Å². The molecular formula is C19H23NO2. The SMILES string of the molecule is CC(C)(C(=O)O)c1ccc(C(C)(C)c2ccc(N)cc2)cc1. The molecule has 0 fully saturated rings. The van der Waals surface area contributed by atoms with Crippen molar-refractivity contribution < 1.29 is 9.90 Å². The largest absolute Gasteiger partial charge is 0.481 e. The standard InChI is InChI=1S/C19H23NO2/c1-18(2,14-9-11-16(20)12-10-14)13-5-7-15(8-6-13)19(3,4)17(21)22/h5-12H,20H2,1-4H3,(H,21,22). The fourth-order valence-corrected chi connectivity index (χ4v) is 2.49. The van der Waals surface area contributed by atoms with Crippen molar-refractivity contribution in [1.82, 2.24) is 0 Å². The van der Waals surface area contributed by atoms with E-state index < -0.39 is 11.4 Å². The highest BCUT2D eigenvalue weighted by Crippen LogP contribution is 2.33. The Bertz CT molecular complexity index is 668. The second-order valence-corrected chi connectivity index (χ2v) is 6.75. The number of hydrogen-bond acceptors (Lipinski definition) is 2. The molecule has 0 amide bonds. The lowest BCUT2D eigenvalue weighted by Crippen LogP contribution is -2.28. The van der Waals surface area contributed by atoms with E-state index in [1.165, 1.54) is 5.56 Å². The molecule has 0 radical (unpaired) electrons. The predicted octanol–water partition coefficient (Wildman–Crippen LogP) is 3.96. The number of hydrogen-bond donors (Lipinski definition) is 2. The van der Waals surface area contributed by atoms with E-state index in [0.29, 0.717) is 0 Å². The van der Waals surface area contributed by atoms with Crippen LogP contribution in [0, 0.1) is 0 Å². The van der Waals surface area contributed by atoms with Gasteiger partial charge < -0.3 is 10.8 Å². The molecule has 3 heteroatoms. The molecule has 0 aromatic heterocycles. The van der Waals surface area contributed by atoms with Crippen molar-refractivity contribution in [2.45, 2.75) is 38.5 Å². The number of aliphatic carboxylic acids is 1. The minimum Gasteiger partial charge on any atom is -0.481 e. The fourth-order valence-electron chi connectivity index (χ4n) is 2.49. The highest BCUT2D eigenvalue weighted by atomic mass is 16.4. The van der Waals surface area contributed by atoms with Gasteiger partial charge in [0.1, 0.15) is 0 Å². The van der Waals surface area contributed by atoms with Crippen molar-refractivity contribution >= 4 is 11.7 Å². The Balaban J connectivity index is 2.37.